The third-order valence-electron chi connectivity index (χ3n) is 3.76. The van der Waals surface area contributed by atoms with Crippen molar-refractivity contribution in [3.63, 3.8) is 0 Å². The molecule has 110 valence electrons. The molecule has 0 aliphatic rings. The molecule has 0 radical (unpaired) electrons. The van der Waals surface area contributed by atoms with Gasteiger partial charge in [0.25, 0.3) is 0 Å². The normalized spacial score (nSPS) is 10.5. The summed E-state index contributed by atoms with van der Waals surface area (Å²) in [6, 6.07) is 22.3. The zero-order valence-corrected chi connectivity index (χ0v) is 12.7. The maximum atomic E-state index is 9.72. The molecule has 3 aromatic carbocycles. The Bertz CT molecular complexity index is 789. The molecule has 2 heteroatoms. The molecule has 0 saturated heterocycles. The van der Waals surface area contributed by atoms with E-state index in [1.165, 1.54) is 16.7 Å². The molecular formula is C20H18O2. The second kappa shape index (κ2) is 5.94. The van der Waals surface area contributed by atoms with E-state index < -0.39 is 0 Å². The Labute approximate surface area is 130 Å². The van der Waals surface area contributed by atoms with E-state index in [9.17, 15) is 5.11 Å². The molecule has 0 heterocycles. The SMILES string of the molecule is COc1cc(-c2cccc(-c3ccc(C)cc3)c2)ccc1O. The largest absolute Gasteiger partial charge is 0.504 e. The summed E-state index contributed by atoms with van der Waals surface area (Å²) >= 11 is 0. The van der Waals surface area contributed by atoms with E-state index >= 15 is 0 Å². The van der Waals surface area contributed by atoms with E-state index in [-0.39, 0.29) is 5.75 Å². The molecule has 0 spiro atoms. The second-order valence-corrected chi connectivity index (χ2v) is 5.33. The summed E-state index contributed by atoms with van der Waals surface area (Å²) < 4.78 is 5.19. The molecule has 1 N–H and O–H groups in total. The van der Waals surface area contributed by atoms with Gasteiger partial charge in [-0.15, -0.1) is 0 Å². The molecule has 0 atom stereocenters. The third-order valence-corrected chi connectivity index (χ3v) is 3.76. The van der Waals surface area contributed by atoms with Gasteiger partial charge < -0.3 is 9.84 Å². The smallest absolute Gasteiger partial charge is 0.161 e. The van der Waals surface area contributed by atoms with Gasteiger partial charge >= 0.3 is 0 Å². The van der Waals surface area contributed by atoms with Gasteiger partial charge in [0.05, 0.1) is 7.11 Å². The first-order valence-electron chi connectivity index (χ1n) is 7.22. The highest BCUT2D eigenvalue weighted by molar-refractivity contribution is 5.74. The van der Waals surface area contributed by atoms with Gasteiger partial charge in [0, 0.05) is 0 Å². The number of phenols is 1. The van der Waals surface area contributed by atoms with Crippen molar-refractivity contribution in [2.24, 2.45) is 0 Å². The van der Waals surface area contributed by atoms with E-state index in [4.69, 9.17) is 4.74 Å². The molecule has 0 aliphatic heterocycles. The van der Waals surface area contributed by atoms with Gasteiger partial charge in [-0.05, 0) is 47.4 Å². The Morgan fingerprint density at radius 2 is 1.32 bits per heavy atom. The van der Waals surface area contributed by atoms with Crippen LogP contribution in [0, 0.1) is 6.92 Å². The van der Waals surface area contributed by atoms with Crippen molar-refractivity contribution in [3.8, 4) is 33.8 Å². The zero-order valence-electron chi connectivity index (χ0n) is 12.7. The minimum atomic E-state index is 0.154. The number of aromatic hydroxyl groups is 1. The predicted octanol–water partition coefficient (Wildman–Crippen LogP) is 5.04. The fourth-order valence-electron chi connectivity index (χ4n) is 2.48. The molecule has 0 bridgehead atoms. The minimum Gasteiger partial charge on any atom is -0.504 e. The van der Waals surface area contributed by atoms with Gasteiger partial charge in [-0.1, -0.05) is 54.1 Å². The Kier molecular flexibility index (Phi) is 3.84. The summed E-state index contributed by atoms with van der Waals surface area (Å²) in [6.07, 6.45) is 0. The molecular weight excluding hydrogens is 272 g/mol. The van der Waals surface area contributed by atoms with Gasteiger partial charge in [0.1, 0.15) is 0 Å². The van der Waals surface area contributed by atoms with Crippen LogP contribution in [0.1, 0.15) is 5.56 Å². The average Bonchev–Trinajstić information content (AvgIpc) is 2.56. The van der Waals surface area contributed by atoms with Crippen LogP contribution in [0.4, 0.5) is 0 Å². The molecule has 3 aromatic rings. The van der Waals surface area contributed by atoms with E-state index in [1.807, 2.05) is 18.2 Å². The topological polar surface area (TPSA) is 29.5 Å². The number of hydrogen-bond acceptors (Lipinski definition) is 2. The summed E-state index contributed by atoms with van der Waals surface area (Å²) in [5.74, 6) is 0.638. The van der Waals surface area contributed by atoms with Gasteiger partial charge in [0.2, 0.25) is 0 Å². The van der Waals surface area contributed by atoms with Crippen molar-refractivity contribution < 1.29 is 9.84 Å². The van der Waals surface area contributed by atoms with Crippen LogP contribution in [0.25, 0.3) is 22.3 Å². The summed E-state index contributed by atoms with van der Waals surface area (Å²) in [4.78, 5) is 0. The average molecular weight is 290 g/mol. The number of benzene rings is 3. The van der Waals surface area contributed by atoms with Gasteiger partial charge in [0.15, 0.2) is 11.5 Å². The molecule has 2 nitrogen and oxygen atoms in total. The predicted molar refractivity (Wildman–Crippen MR) is 90.3 cm³/mol. The molecule has 0 saturated carbocycles. The molecule has 0 fully saturated rings. The van der Waals surface area contributed by atoms with Gasteiger partial charge in [-0.2, -0.15) is 0 Å². The summed E-state index contributed by atoms with van der Waals surface area (Å²) in [5, 5.41) is 9.72. The van der Waals surface area contributed by atoms with Crippen LogP contribution in [0.5, 0.6) is 11.5 Å². The van der Waals surface area contributed by atoms with Crippen molar-refractivity contribution in [1.29, 1.82) is 0 Å². The fourth-order valence-corrected chi connectivity index (χ4v) is 2.48. The van der Waals surface area contributed by atoms with E-state index in [0.29, 0.717) is 5.75 Å². The summed E-state index contributed by atoms with van der Waals surface area (Å²) in [5.41, 5.74) is 5.73. The number of methoxy groups -OCH3 is 1. The highest BCUT2D eigenvalue weighted by Gasteiger charge is 2.06. The van der Waals surface area contributed by atoms with Crippen molar-refractivity contribution >= 4 is 0 Å². The first kappa shape index (κ1) is 14.2. The van der Waals surface area contributed by atoms with Crippen molar-refractivity contribution in [2.45, 2.75) is 6.92 Å². The minimum absolute atomic E-state index is 0.154. The van der Waals surface area contributed by atoms with Crippen LogP contribution < -0.4 is 4.74 Å². The molecule has 22 heavy (non-hydrogen) atoms. The lowest BCUT2D eigenvalue weighted by molar-refractivity contribution is 0.373. The van der Waals surface area contributed by atoms with Crippen LogP contribution in [0.2, 0.25) is 0 Å². The first-order valence-corrected chi connectivity index (χ1v) is 7.22. The van der Waals surface area contributed by atoms with E-state index in [0.717, 1.165) is 11.1 Å². The van der Waals surface area contributed by atoms with E-state index in [2.05, 4.69) is 49.4 Å². The Morgan fingerprint density at radius 3 is 2.00 bits per heavy atom. The van der Waals surface area contributed by atoms with E-state index in [1.54, 1.807) is 13.2 Å². The van der Waals surface area contributed by atoms with Gasteiger partial charge in [-0.25, -0.2) is 0 Å². The second-order valence-electron chi connectivity index (χ2n) is 5.33. The van der Waals surface area contributed by atoms with Crippen LogP contribution >= 0.6 is 0 Å². The standard InChI is InChI=1S/C20H18O2/c1-14-6-8-15(9-7-14)16-4-3-5-17(12-16)18-10-11-19(21)20(13-18)22-2/h3-13,21H,1-2H3. The number of aryl methyl sites for hydroxylation is 1. The molecule has 0 aliphatic carbocycles. The van der Waals surface area contributed by atoms with Crippen LogP contribution in [-0.2, 0) is 0 Å². The Hall–Kier alpha value is -2.74. The lowest BCUT2D eigenvalue weighted by Crippen LogP contribution is -1.86. The third kappa shape index (κ3) is 2.82. The monoisotopic (exact) mass is 290 g/mol. The van der Waals surface area contributed by atoms with Crippen LogP contribution in [-0.4, -0.2) is 12.2 Å². The van der Waals surface area contributed by atoms with Crippen molar-refractivity contribution in [1.82, 2.24) is 0 Å². The van der Waals surface area contributed by atoms with Crippen LogP contribution in [0.15, 0.2) is 66.7 Å². The number of ether oxygens (including phenoxy) is 1. The highest BCUT2D eigenvalue weighted by atomic mass is 16.5. The molecule has 0 aromatic heterocycles. The lowest BCUT2D eigenvalue weighted by atomic mass is 9.98. The maximum Gasteiger partial charge on any atom is 0.161 e. The van der Waals surface area contributed by atoms with Crippen molar-refractivity contribution in [2.75, 3.05) is 7.11 Å². The highest BCUT2D eigenvalue weighted by Crippen LogP contribution is 2.33. The van der Waals surface area contributed by atoms with Gasteiger partial charge in [-0.3, -0.25) is 0 Å². The van der Waals surface area contributed by atoms with Crippen molar-refractivity contribution in [3.05, 3.63) is 72.3 Å². The summed E-state index contributed by atoms with van der Waals surface area (Å²) in [6.45, 7) is 2.09. The number of phenolic OH excluding ortho intramolecular Hbond substituents is 1. The lowest BCUT2D eigenvalue weighted by Gasteiger charge is -2.09. The molecule has 3 rings (SSSR count). The zero-order chi connectivity index (χ0) is 15.5. The molecule has 0 amide bonds. The first-order chi connectivity index (χ1) is 10.7. The molecule has 0 unspecified atom stereocenters. The quantitative estimate of drug-likeness (QED) is 0.732. The fraction of sp³-hybridized carbons (Fsp3) is 0.100. The number of hydrogen-bond donors (Lipinski definition) is 1. The van der Waals surface area contributed by atoms with Crippen LogP contribution in [0.3, 0.4) is 0 Å². The Balaban J connectivity index is 2.02. The maximum absolute atomic E-state index is 9.72. The number of rotatable bonds is 3. The Morgan fingerprint density at radius 1 is 0.727 bits per heavy atom. The summed E-state index contributed by atoms with van der Waals surface area (Å²) in [7, 11) is 1.56.